The monoisotopic (exact) mass is 286 g/mol. The van der Waals surface area contributed by atoms with Crippen LogP contribution >= 0.6 is 0 Å². The number of ether oxygens (including phenoxy) is 4. The van der Waals surface area contributed by atoms with Gasteiger partial charge in [-0.05, 0) is 19.1 Å². The number of rotatable bonds is 6. The van der Waals surface area contributed by atoms with Gasteiger partial charge in [0.1, 0.15) is 36.4 Å². The summed E-state index contributed by atoms with van der Waals surface area (Å²) in [6.45, 7) is 4.82. The zero-order chi connectivity index (χ0) is 14.3. The third-order valence-electron chi connectivity index (χ3n) is 3.84. The van der Waals surface area contributed by atoms with E-state index in [0.29, 0.717) is 13.2 Å². The van der Waals surface area contributed by atoms with Crippen molar-refractivity contribution in [1.29, 1.82) is 0 Å². The van der Waals surface area contributed by atoms with Crippen LogP contribution in [-0.2, 0) is 9.47 Å². The van der Waals surface area contributed by atoms with E-state index in [1.807, 2.05) is 24.3 Å². The van der Waals surface area contributed by atoms with Gasteiger partial charge in [0.05, 0.1) is 13.2 Å². The molecule has 110 valence electrons. The summed E-state index contributed by atoms with van der Waals surface area (Å²) in [6.07, 6.45) is 0.256. The first-order valence-electron chi connectivity index (χ1n) is 7.26. The van der Waals surface area contributed by atoms with Crippen LogP contribution in [0.5, 0.6) is 11.5 Å². The van der Waals surface area contributed by atoms with Gasteiger partial charge in [0.2, 0.25) is 0 Å². The summed E-state index contributed by atoms with van der Waals surface area (Å²) in [5, 5.41) is 2.13. The van der Waals surface area contributed by atoms with E-state index in [1.165, 1.54) is 0 Å². The summed E-state index contributed by atoms with van der Waals surface area (Å²) >= 11 is 0. The lowest BCUT2D eigenvalue weighted by Gasteiger charge is -2.13. The van der Waals surface area contributed by atoms with Crippen LogP contribution in [-0.4, -0.2) is 38.1 Å². The van der Waals surface area contributed by atoms with Gasteiger partial charge in [-0.1, -0.05) is 24.3 Å². The normalized spacial score (nSPS) is 26.6. The second-order valence-electron chi connectivity index (χ2n) is 5.90. The molecule has 0 saturated carbocycles. The Hall–Kier alpha value is -1.78. The van der Waals surface area contributed by atoms with Crippen LogP contribution in [0.4, 0.5) is 0 Å². The van der Waals surface area contributed by atoms with Crippen molar-refractivity contribution in [2.75, 3.05) is 26.4 Å². The number of benzene rings is 2. The molecule has 0 radical (unpaired) electrons. The molecular formula is C17H18O4. The molecule has 0 bridgehead atoms. The molecule has 0 aromatic heterocycles. The predicted octanol–water partition coefficient (Wildman–Crippen LogP) is 2.79. The highest BCUT2D eigenvalue weighted by Crippen LogP contribution is 2.34. The summed E-state index contributed by atoms with van der Waals surface area (Å²) in [5.41, 5.74) is -0.112. The van der Waals surface area contributed by atoms with Gasteiger partial charge in [0.15, 0.2) is 0 Å². The van der Waals surface area contributed by atoms with Crippen LogP contribution in [0.15, 0.2) is 36.4 Å². The second-order valence-corrected chi connectivity index (χ2v) is 5.90. The number of hydrogen-bond acceptors (Lipinski definition) is 4. The Kier molecular flexibility index (Phi) is 3.01. The summed E-state index contributed by atoms with van der Waals surface area (Å²) < 4.78 is 22.3. The van der Waals surface area contributed by atoms with Crippen molar-refractivity contribution in [2.24, 2.45) is 0 Å². The van der Waals surface area contributed by atoms with Crippen molar-refractivity contribution in [3.63, 3.8) is 0 Å². The van der Waals surface area contributed by atoms with Crippen LogP contribution in [0.3, 0.4) is 0 Å². The minimum absolute atomic E-state index is 0.112. The van der Waals surface area contributed by atoms with Gasteiger partial charge >= 0.3 is 0 Å². The fourth-order valence-electron chi connectivity index (χ4n) is 2.29. The Labute approximate surface area is 123 Å². The van der Waals surface area contributed by atoms with E-state index in [2.05, 4.69) is 19.1 Å². The lowest BCUT2D eigenvalue weighted by molar-refractivity contribution is 0.204. The fourth-order valence-corrected chi connectivity index (χ4v) is 2.29. The topological polar surface area (TPSA) is 43.5 Å². The van der Waals surface area contributed by atoms with Gasteiger partial charge in [0.25, 0.3) is 0 Å². The highest BCUT2D eigenvalue weighted by Gasteiger charge is 2.40. The van der Waals surface area contributed by atoms with Gasteiger partial charge in [-0.3, -0.25) is 0 Å². The van der Waals surface area contributed by atoms with Crippen LogP contribution in [0.1, 0.15) is 6.92 Å². The van der Waals surface area contributed by atoms with E-state index in [9.17, 15) is 0 Å². The molecule has 4 heteroatoms. The molecule has 2 fully saturated rings. The molecule has 0 N–H and O–H groups in total. The van der Waals surface area contributed by atoms with Gasteiger partial charge in [-0.2, -0.15) is 0 Å². The van der Waals surface area contributed by atoms with Crippen LogP contribution in [0.25, 0.3) is 10.8 Å². The molecule has 2 atom stereocenters. The maximum atomic E-state index is 5.93. The Morgan fingerprint density at radius 3 is 2.29 bits per heavy atom. The average molecular weight is 286 g/mol. The Bertz CT molecular complexity index is 659. The van der Waals surface area contributed by atoms with E-state index in [0.717, 1.165) is 35.5 Å². The Balaban J connectivity index is 1.59. The molecule has 2 heterocycles. The molecule has 0 spiro atoms. The van der Waals surface area contributed by atoms with Crippen molar-refractivity contribution >= 4 is 10.8 Å². The Morgan fingerprint density at radius 1 is 1.10 bits per heavy atom. The smallest absolute Gasteiger partial charge is 0.127 e. The second kappa shape index (κ2) is 4.90. The number of hydrogen-bond donors (Lipinski definition) is 0. The van der Waals surface area contributed by atoms with Crippen LogP contribution in [0, 0.1) is 0 Å². The molecule has 2 aromatic rings. The SMILES string of the molecule is CC1(COc2cccc3c(OCC4CO4)cccc23)CO1. The fraction of sp³-hybridized carbons (Fsp3) is 0.412. The van der Waals surface area contributed by atoms with Crippen LogP contribution < -0.4 is 9.47 Å². The maximum Gasteiger partial charge on any atom is 0.127 e. The summed E-state index contributed by atoms with van der Waals surface area (Å²) in [4.78, 5) is 0. The molecule has 2 aromatic carbocycles. The molecule has 2 unspecified atom stereocenters. The lowest BCUT2D eigenvalue weighted by Crippen LogP contribution is -2.17. The van der Waals surface area contributed by atoms with E-state index >= 15 is 0 Å². The Morgan fingerprint density at radius 2 is 1.71 bits per heavy atom. The summed E-state index contributed by atoms with van der Waals surface area (Å²) in [7, 11) is 0. The highest BCUT2D eigenvalue weighted by molar-refractivity contribution is 5.93. The number of fused-ring (bicyclic) bond motifs is 1. The van der Waals surface area contributed by atoms with Crippen molar-refractivity contribution < 1.29 is 18.9 Å². The first-order valence-corrected chi connectivity index (χ1v) is 7.26. The van der Waals surface area contributed by atoms with Gasteiger partial charge in [-0.15, -0.1) is 0 Å². The quantitative estimate of drug-likeness (QED) is 0.766. The minimum Gasteiger partial charge on any atom is -0.490 e. The number of epoxide rings is 2. The molecule has 0 amide bonds. The third kappa shape index (κ3) is 2.82. The summed E-state index contributed by atoms with van der Waals surface area (Å²) in [5.74, 6) is 1.75. The first kappa shape index (κ1) is 12.9. The predicted molar refractivity (Wildman–Crippen MR) is 79.0 cm³/mol. The van der Waals surface area contributed by atoms with Gasteiger partial charge < -0.3 is 18.9 Å². The van der Waals surface area contributed by atoms with E-state index in [4.69, 9.17) is 18.9 Å². The average Bonchev–Trinajstić information content (AvgIpc) is 3.41. The van der Waals surface area contributed by atoms with E-state index in [-0.39, 0.29) is 11.7 Å². The molecular weight excluding hydrogens is 268 g/mol. The van der Waals surface area contributed by atoms with Crippen molar-refractivity contribution in [3.05, 3.63) is 36.4 Å². The molecule has 0 aliphatic carbocycles. The zero-order valence-electron chi connectivity index (χ0n) is 12.0. The molecule has 2 aliphatic heterocycles. The van der Waals surface area contributed by atoms with E-state index < -0.39 is 0 Å². The standard InChI is InChI=1S/C17H18O4/c1-17(11-21-17)10-20-16-7-3-4-13-14(16)5-2-6-15(13)19-9-12-8-18-12/h2-7,12H,8-11H2,1H3. The maximum absolute atomic E-state index is 5.93. The van der Waals surface area contributed by atoms with E-state index in [1.54, 1.807) is 0 Å². The minimum atomic E-state index is -0.112. The first-order chi connectivity index (χ1) is 10.2. The van der Waals surface area contributed by atoms with Crippen molar-refractivity contribution in [2.45, 2.75) is 18.6 Å². The molecule has 21 heavy (non-hydrogen) atoms. The van der Waals surface area contributed by atoms with Crippen molar-refractivity contribution in [3.8, 4) is 11.5 Å². The molecule has 4 rings (SSSR count). The highest BCUT2D eigenvalue weighted by atomic mass is 16.6. The molecule has 2 aliphatic rings. The molecule has 4 nitrogen and oxygen atoms in total. The third-order valence-corrected chi connectivity index (χ3v) is 3.84. The van der Waals surface area contributed by atoms with Crippen molar-refractivity contribution in [1.82, 2.24) is 0 Å². The van der Waals surface area contributed by atoms with Crippen LogP contribution in [0.2, 0.25) is 0 Å². The summed E-state index contributed by atoms with van der Waals surface area (Å²) in [6, 6.07) is 12.1. The lowest BCUT2D eigenvalue weighted by atomic mass is 10.1. The van der Waals surface area contributed by atoms with Gasteiger partial charge in [0, 0.05) is 10.8 Å². The van der Waals surface area contributed by atoms with Gasteiger partial charge in [-0.25, -0.2) is 0 Å². The largest absolute Gasteiger partial charge is 0.490 e. The zero-order valence-corrected chi connectivity index (χ0v) is 12.0. The molecule has 2 saturated heterocycles.